The summed E-state index contributed by atoms with van der Waals surface area (Å²) in [6.45, 7) is 7.69. The molecule has 0 saturated heterocycles. The Morgan fingerprint density at radius 1 is 0.460 bits per heavy atom. The van der Waals surface area contributed by atoms with Crippen molar-refractivity contribution in [2.24, 2.45) is 0 Å². The van der Waals surface area contributed by atoms with Gasteiger partial charge in [0.1, 0.15) is 0 Å². The summed E-state index contributed by atoms with van der Waals surface area (Å²) < 4.78 is 4.49. The summed E-state index contributed by atoms with van der Waals surface area (Å²) in [5.41, 5.74) is 11.7. The lowest BCUT2D eigenvalue weighted by Crippen LogP contribution is -1.99. The molecule has 9 aromatic rings. The Morgan fingerprint density at radius 2 is 1.12 bits per heavy atom. The molecule has 2 heterocycles. The van der Waals surface area contributed by atoms with E-state index >= 15 is 0 Å². The predicted octanol–water partition coefficient (Wildman–Crippen LogP) is 11.5. The first-order valence-electron chi connectivity index (χ1n) is 16.3. The second kappa shape index (κ2) is 11.4. The molecule has 0 saturated carbocycles. The number of aromatic nitrogens is 2. The fourth-order valence-corrected chi connectivity index (χ4v) is 7.41. The molecule has 0 radical (unpaired) electrons. The summed E-state index contributed by atoms with van der Waals surface area (Å²) in [5.74, 6) is 0. The van der Waals surface area contributed by atoms with E-state index in [1.165, 1.54) is 10.8 Å². The van der Waals surface area contributed by atoms with Gasteiger partial charge in [0.25, 0.3) is 0 Å². The van der Waals surface area contributed by atoms with E-state index in [4.69, 9.17) is 6.57 Å². The third-order valence-corrected chi connectivity index (χ3v) is 9.59. The molecule has 0 amide bonds. The average molecular weight is 636 g/mol. The Morgan fingerprint density at radius 3 is 1.88 bits per heavy atom. The van der Waals surface area contributed by atoms with Gasteiger partial charge in [-0.3, -0.25) is 0 Å². The number of nitrogens with zero attached hydrogens (tertiary/aromatic N) is 5. The molecular weight excluding hydrogens is 611 g/mol. The van der Waals surface area contributed by atoms with Crippen molar-refractivity contribution in [3.05, 3.63) is 174 Å². The first kappa shape index (κ1) is 28.8. The number of hydrogen-bond donors (Lipinski definition) is 0. The van der Waals surface area contributed by atoms with E-state index in [0.29, 0.717) is 16.8 Å². The van der Waals surface area contributed by atoms with Gasteiger partial charge < -0.3 is 9.13 Å². The van der Waals surface area contributed by atoms with E-state index in [1.807, 2.05) is 54.6 Å². The number of para-hydroxylation sites is 3. The Balaban J connectivity index is 1.29. The topological polar surface area (TPSA) is 61.8 Å². The zero-order valence-corrected chi connectivity index (χ0v) is 26.7. The van der Waals surface area contributed by atoms with Crippen LogP contribution in [0, 0.1) is 29.2 Å². The Bertz CT molecular complexity index is 2920. The minimum atomic E-state index is 0.545. The van der Waals surface area contributed by atoms with Crippen molar-refractivity contribution >= 4 is 49.3 Å². The number of nitriles is 2. The normalized spacial score (nSPS) is 11.1. The molecule has 50 heavy (non-hydrogen) atoms. The zero-order valence-electron chi connectivity index (χ0n) is 26.7. The summed E-state index contributed by atoms with van der Waals surface area (Å²) in [6, 6.07) is 55.7. The lowest BCUT2D eigenvalue weighted by Gasteiger charge is -2.18. The first-order chi connectivity index (χ1) is 24.7. The summed E-state index contributed by atoms with van der Waals surface area (Å²) in [7, 11) is 0. The number of hydrogen-bond acceptors (Lipinski definition) is 2. The smallest absolute Gasteiger partial charge is 0.189 e. The van der Waals surface area contributed by atoms with Crippen LogP contribution in [0.15, 0.2) is 152 Å². The van der Waals surface area contributed by atoms with Crippen LogP contribution in [0.1, 0.15) is 11.1 Å². The number of benzene rings is 7. The molecule has 7 aromatic carbocycles. The molecular formula is C45H25N5. The third kappa shape index (κ3) is 4.38. The Kier molecular flexibility index (Phi) is 6.56. The maximum atomic E-state index is 10.0. The second-order valence-corrected chi connectivity index (χ2v) is 12.3. The lowest BCUT2D eigenvalue weighted by atomic mass is 9.91. The monoisotopic (exact) mass is 635 g/mol. The van der Waals surface area contributed by atoms with Crippen molar-refractivity contribution < 1.29 is 0 Å². The molecule has 0 spiro atoms. The van der Waals surface area contributed by atoms with Gasteiger partial charge in [-0.2, -0.15) is 10.5 Å². The second-order valence-electron chi connectivity index (χ2n) is 12.3. The standard InChI is InChI=1S/C45H25N5/c1-48-32-19-21-38-40-24-30(28-47)18-22-44(40)49(45(38)26-32)33-10-8-9-31(25-33)39-23-29(27-46)17-20-34(39)35-11-2-5-14-41(35)50-42-15-6-3-12-36(42)37-13-4-7-16-43(37)50/h2-26H. The lowest BCUT2D eigenvalue weighted by molar-refractivity contribution is 1.18. The molecule has 2 aromatic heterocycles. The van der Waals surface area contributed by atoms with Crippen LogP contribution in [-0.4, -0.2) is 9.13 Å². The number of rotatable bonds is 4. The molecule has 0 aliphatic rings. The van der Waals surface area contributed by atoms with Crippen LogP contribution >= 0.6 is 0 Å². The van der Waals surface area contributed by atoms with Gasteiger partial charge in [-0.15, -0.1) is 0 Å². The molecule has 230 valence electrons. The van der Waals surface area contributed by atoms with Crippen LogP contribution in [0.5, 0.6) is 0 Å². The van der Waals surface area contributed by atoms with Gasteiger partial charge in [0, 0.05) is 38.3 Å². The van der Waals surface area contributed by atoms with Crippen LogP contribution in [0.2, 0.25) is 0 Å². The fraction of sp³-hybridized carbons (Fsp3) is 0. The van der Waals surface area contributed by atoms with E-state index in [1.54, 1.807) is 0 Å². The van der Waals surface area contributed by atoms with E-state index < -0.39 is 0 Å². The minimum Gasteiger partial charge on any atom is -0.310 e. The highest BCUT2D eigenvalue weighted by atomic mass is 15.0. The van der Waals surface area contributed by atoms with Crippen LogP contribution in [0.3, 0.4) is 0 Å². The SMILES string of the molecule is [C-]#[N+]c1ccc2c3cc(C#N)ccc3n(-c3cccc(-c4cc(C#N)ccc4-c4ccccc4-n4c5ccccc5c5ccccc54)c3)c2c1. The van der Waals surface area contributed by atoms with Crippen molar-refractivity contribution in [1.29, 1.82) is 10.5 Å². The van der Waals surface area contributed by atoms with E-state index in [0.717, 1.165) is 66.5 Å². The molecule has 9 rings (SSSR count). The third-order valence-electron chi connectivity index (χ3n) is 9.59. The summed E-state index contributed by atoms with van der Waals surface area (Å²) in [4.78, 5) is 3.71. The summed E-state index contributed by atoms with van der Waals surface area (Å²) in [5, 5.41) is 24.0. The van der Waals surface area contributed by atoms with Crippen molar-refractivity contribution in [2.45, 2.75) is 0 Å². The van der Waals surface area contributed by atoms with E-state index in [-0.39, 0.29) is 0 Å². The van der Waals surface area contributed by atoms with Gasteiger partial charge in [-0.05, 0) is 83.4 Å². The molecule has 0 unspecified atom stereocenters. The van der Waals surface area contributed by atoms with Crippen LogP contribution in [0.4, 0.5) is 5.69 Å². The molecule has 0 fully saturated rings. The fourth-order valence-electron chi connectivity index (χ4n) is 7.41. The van der Waals surface area contributed by atoms with Gasteiger partial charge >= 0.3 is 0 Å². The maximum Gasteiger partial charge on any atom is 0.189 e. The van der Waals surface area contributed by atoms with Gasteiger partial charge in [-0.1, -0.05) is 84.9 Å². The van der Waals surface area contributed by atoms with Crippen molar-refractivity contribution in [2.75, 3.05) is 0 Å². The highest BCUT2D eigenvalue weighted by Gasteiger charge is 2.19. The van der Waals surface area contributed by atoms with Gasteiger partial charge in [0.15, 0.2) is 5.69 Å². The van der Waals surface area contributed by atoms with Crippen molar-refractivity contribution in [3.8, 4) is 45.8 Å². The molecule has 0 N–H and O–H groups in total. The van der Waals surface area contributed by atoms with Crippen LogP contribution in [0.25, 0.3) is 82.1 Å². The molecule has 0 bridgehead atoms. The number of fused-ring (bicyclic) bond motifs is 6. The molecule has 5 nitrogen and oxygen atoms in total. The average Bonchev–Trinajstić information content (AvgIpc) is 3.69. The quantitative estimate of drug-likeness (QED) is 0.181. The van der Waals surface area contributed by atoms with E-state index in [9.17, 15) is 10.5 Å². The predicted molar refractivity (Wildman–Crippen MR) is 202 cm³/mol. The van der Waals surface area contributed by atoms with E-state index in [2.05, 4.69) is 123 Å². The first-order valence-corrected chi connectivity index (χ1v) is 16.3. The minimum absolute atomic E-state index is 0.545. The van der Waals surface area contributed by atoms with Gasteiger partial charge in [-0.25, -0.2) is 4.85 Å². The summed E-state index contributed by atoms with van der Waals surface area (Å²) in [6.07, 6.45) is 0. The maximum absolute atomic E-state index is 10.0. The summed E-state index contributed by atoms with van der Waals surface area (Å²) >= 11 is 0. The molecule has 0 aliphatic heterocycles. The zero-order chi connectivity index (χ0) is 33.8. The Hall–Kier alpha value is -7.39. The van der Waals surface area contributed by atoms with Gasteiger partial charge in [0.05, 0.1) is 52.1 Å². The highest BCUT2D eigenvalue weighted by molar-refractivity contribution is 6.11. The van der Waals surface area contributed by atoms with Gasteiger partial charge in [0.2, 0.25) is 0 Å². The molecule has 0 atom stereocenters. The van der Waals surface area contributed by atoms with Crippen molar-refractivity contribution in [1.82, 2.24) is 9.13 Å². The highest BCUT2D eigenvalue weighted by Crippen LogP contribution is 2.41. The van der Waals surface area contributed by atoms with Crippen LogP contribution < -0.4 is 0 Å². The molecule has 5 heteroatoms. The molecule has 0 aliphatic carbocycles. The van der Waals surface area contributed by atoms with Crippen LogP contribution in [-0.2, 0) is 0 Å². The van der Waals surface area contributed by atoms with Crippen molar-refractivity contribution in [3.63, 3.8) is 0 Å². The Labute approximate surface area is 288 Å². The largest absolute Gasteiger partial charge is 0.310 e.